The van der Waals surface area contributed by atoms with Crippen LogP contribution in [0.25, 0.3) is 32.8 Å². The molecule has 1 aromatic carbocycles. The van der Waals surface area contributed by atoms with Crippen molar-refractivity contribution in [3.63, 3.8) is 0 Å². The number of imidazole rings is 1. The first-order chi connectivity index (χ1) is 16.1. The maximum absolute atomic E-state index is 10.2. The van der Waals surface area contributed by atoms with Gasteiger partial charge in [-0.05, 0) is 47.0 Å². The molecule has 0 aliphatic heterocycles. The summed E-state index contributed by atoms with van der Waals surface area (Å²) >= 11 is 1.63. The van der Waals surface area contributed by atoms with Crippen molar-refractivity contribution in [1.29, 1.82) is 0 Å². The summed E-state index contributed by atoms with van der Waals surface area (Å²) in [6, 6.07) is 8.34. The molecule has 1 aliphatic carbocycles. The van der Waals surface area contributed by atoms with E-state index in [9.17, 15) is 5.11 Å². The number of aromatic nitrogens is 8. The number of hydrogen-bond acceptors (Lipinski definition) is 9. The molecule has 0 bridgehead atoms. The van der Waals surface area contributed by atoms with Gasteiger partial charge in [0.15, 0.2) is 16.6 Å². The molecule has 4 heterocycles. The lowest BCUT2D eigenvalue weighted by Gasteiger charge is -2.27. The highest BCUT2D eigenvalue weighted by Gasteiger charge is 2.23. The predicted molar refractivity (Wildman–Crippen MR) is 126 cm³/mol. The molecule has 6 rings (SSSR count). The molecule has 1 saturated carbocycles. The number of hydrogen-bond donors (Lipinski definition) is 3. The molecule has 0 radical (unpaired) electrons. The third-order valence-electron chi connectivity index (χ3n) is 6.13. The zero-order valence-corrected chi connectivity index (χ0v) is 18.9. The molecule has 0 amide bonds. The van der Waals surface area contributed by atoms with Crippen LogP contribution in [0.1, 0.15) is 37.1 Å². The van der Waals surface area contributed by atoms with Crippen molar-refractivity contribution in [1.82, 2.24) is 40.1 Å². The summed E-state index contributed by atoms with van der Waals surface area (Å²) in [5.74, 6) is 1.50. The molecule has 0 spiro atoms. The molecule has 33 heavy (non-hydrogen) atoms. The van der Waals surface area contributed by atoms with Crippen molar-refractivity contribution in [3.8, 4) is 11.4 Å². The Kier molecular flexibility index (Phi) is 4.99. The molecule has 10 nitrogen and oxygen atoms in total. The van der Waals surface area contributed by atoms with Crippen LogP contribution in [0.15, 0.2) is 30.5 Å². The Morgan fingerprint density at radius 3 is 2.97 bits per heavy atom. The molecule has 168 valence electrons. The summed E-state index contributed by atoms with van der Waals surface area (Å²) in [7, 11) is 1.80. The number of rotatable bonds is 5. The summed E-state index contributed by atoms with van der Waals surface area (Å²) in [5.41, 5.74) is 4.46. The van der Waals surface area contributed by atoms with Crippen LogP contribution in [0.4, 0.5) is 5.13 Å². The number of H-pyrrole nitrogens is 1. The molecule has 11 heteroatoms. The second-order valence-corrected chi connectivity index (χ2v) is 9.54. The average molecular weight is 462 g/mol. The van der Waals surface area contributed by atoms with Gasteiger partial charge in [-0.3, -0.25) is 0 Å². The largest absolute Gasteiger partial charge is 0.391 e. The number of tetrazole rings is 1. The van der Waals surface area contributed by atoms with Gasteiger partial charge in [-0.15, -0.1) is 5.10 Å². The monoisotopic (exact) mass is 461 g/mol. The van der Waals surface area contributed by atoms with E-state index >= 15 is 0 Å². The Bertz CT molecular complexity index is 1440. The minimum atomic E-state index is -0.298. The number of aryl methyl sites for hydroxylation is 1. The number of aliphatic hydroxyl groups is 1. The van der Waals surface area contributed by atoms with Crippen LogP contribution >= 0.6 is 11.3 Å². The van der Waals surface area contributed by atoms with Crippen LogP contribution in [-0.4, -0.2) is 57.4 Å². The summed E-state index contributed by atoms with van der Waals surface area (Å²) in [4.78, 5) is 17.2. The molecule has 4 aromatic heterocycles. The number of aliphatic hydroxyl groups excluding tert-OH is 1. The van der Waals surface area contributed by atoms with E-state index in [0.717, 1.165) is 63.5 Å². The SMILES string of the molecule is Cn1nnnc1-c1cnc2nc(Cc3ccc4nc(NC5CCCCC5O)sc4c3)[nH]c2c1. The summed E-state index contributed by atoms with van der Waals surface area (Å²) < 4.78 is 2.73. The summed E-state index contributed by atoms with van der Waals surface area (Å²) in [6.07, 6.45) is 6.18. The van der Waals surface area contributed by atoms with Gasteiger partial charge in [0.2, 0.25) is 0 Å². The first kappa shape index (κ1) is 20.2. The highest BCUT2D eigenvalue weighted by atomic mass is 32.1. The zero-order chi connectivity index (χ0) is 22.4. The number of aromatic amines is 1. The van der Waals surface area contributed by atoms with Crippen LogP contribution in [0.5, 0.6) is 0 Å². The Morgan fingerprint density at radius 2 is 2.12 bits per heavy atom. The fourth-order valence-electron chi connectivity index (χ4n) is 4.40. The molecule has 5 aromatic rings. The molecule has 2 unspecified atom stereocenters. The fourth-order valence-corrected chi connectivity index (χ4v) is 5.39. The van der Waals surface area contributed by atoms with Gasteiger partial charge in [0.25, 0.3) is 0 Å². The van der Waals surface area contributed by atoms with E-state index in [0.29, 0.717) is 17.9 Å². The topological polar surface area (TPSA) is 130 Å². The minimum absolute atomic E-state index is 0.0871. The van der Waals surface area contributed by atoms with Crippen LogP contribution < -0.4 is 5.32 Å². The highest BCUT2D eigenvalue weighted by Crippen LogP contribution is 2.30. The van der Waals surface area contributed by atoms with Gasteiger partial charge in [-0.25, -0.2) is 19.6 Å². The number of benzene rings is 1. The van der Waals surface area contributed by atoms with E-state index in [1.165, 1.54) is 0 Å². The standard InChI is InChI=1S/C22H23N9OS/c1-31-21(28-29-30-31)13-10-16-20(23-11-13)27-19(24-16)9-12-6-7-15-18(8-12)33-22(26-15)25-14-4-2-3-5-17(14)32/h6-8,10-11,14,17,32H,2-5,9H2,1H3,(H,25,26)(H,23,24,27). The number of fused-ring (bicyclic) bond motifs is 2. The van der Waals surface area contributed by atoms with Crippen molar-refractivity contribution in [2.45, 2.75) is 44.2 Å². The van der Waals surface area contributed by atoms with Crippen molar-refractivity contribution in [3.05, 3.63) is 41.9 Å². The maximum Gasteiger partial charge on any atom is 0.184 e. The zero-order valence-electron chi connectivity index (χ0n) is 18.1. The van der Waals surface area contributed by atoms with E-state index in [1.54, 1.807) is 29.3 Å². The molecular formula is C22H23N9OS. The quantitative estimate of drug-likeness (QED) is 0.364. The van der Waals surface area contributed by atoms with Gasteiger partial charge < -0.3 is 15.4 Å². The third kappa shape index (κ3) is 3.93. The molecule has 2 atom stereocenters. The van der Waals surface area contributed by atoms with E-state index in [4.69, 9.17) is 4.98 Å². The van der Waals surface area contributed by atoms with E-state index < -0.39 is 0 Å². The number of nitrogens with zero attached hydrogens (tertiary/aromatic N) is 7. The van der Waals surface area contributed by atoms with E-state index in [2.05, 4.69) is 47.9 Å². The third-order valence-corrected chi connectivity index (χ3v) is 7.08. The van der Waals surface area contributed by atoms with Gasteiger partial charge in [0, 0.05) is 25.2 Å². The fraction of sp³-hybridized carbons (Fsp3) is 0.364. The average Bonchev–Trinajstić information content (AvgIpc) is 3.52. The van der Waals surface area contributed by atoms with Gasteiger partial charge in [0.1, 0.15) is 5.82 Å². The lowest BCUT2D eigenvalue weighted by molar-refractivity contribution is 0.116. The van der Waals surface area contributed by atoms with Crippen molar-refractivity contribution < 1.29 is 5.11 Å². The Hall–Kier alpha value is -3.44. The van der Waals surface area contributed by atoms with Crippen LogP contribution in [0.3, 0.4) is 0 Å². The smallest absolute Gasteiger partial charge is 0.184 e. The lowest BCUT2D eigenvalue weighted by Crippen LogP contribution is -2.36. The van der Waals surface area contributed by atoms with Crippen molar-refractivity contribution >= 4 is 37.8 Å². The molecule has 3 N–H and O–H groups in total. The molecular weight excluding hydrogens is 438 g/mol. The van der Waals surface area contributed by atoms with Gasteiger partial charge in [0.05, 0.1) is 27.9 Å². The summed E-state index contributed by atoms with van der Waals surface area (Å²) in [5, 5.41) is 26.2. The van der Waals surface area contributed by atoms with Crippen molar-refractivity contribution in [2.24, 2.45) is 7.05 Å². The number of pyridine rings is 1. The first-order valence-corrected chi connectivity index (χ1v) is 11.9. The highest BCUT2D eigenvalue weighted by molar-refractivity contribution is 7.22. The van der Waals surface area contributed by atoms with Crippen LogP contribution in [0, 0.1) is 0 Å². The Balaban J connectivity index is 1.22. The van der Waals surface area contributed by atoms with Crippen LogP contribution in [-0.2, 0) is 13.5 Å². The molecule has 1 fully saturated rings. The van der Waals surface area contributed by atoms with E-state index in [1.807, 2.05) is 12.1 Å². The maximum atomic E-state index is 10.2. The second-order valence-electron chi connectivity index (χ2n) is 8.51. The minimum Gasteiger partial charge on any atom is -0.391 e. The van der Waals surface area contributed by atoms with Gasteiger partial charge in [-0.2, -0.15) is 0 Å². The summed E-state index contributed by atoms with van der Waals surface area (Å²) in [6.45, 7) is 0. The second kappa shape index (κ2) is 8.16. The molecule has 1 aliphatic rings. The van der Waals surface area contributed by atoms with Gasteiger partial charge in [-0.1, -0.05) is 30.2 Å². The Morgan fingerprint density at radius 1 is 1.21 bits per heavy atom. The number of thiazole rings is 1. The number of anilines is 1. The van der Waals surface area contributed by atoms with Gasteiger partial charge >= 0.3 is 0 Å². The Labute approximate surface area is 193 Å². The predicted octanol–water partition coefficient (Wildman–Crippen LogP) is 3.06. The van der Waals surface area contributed by atoms with Crippen LogP contribution in [0.2, 0.25) is 0 Å². The molecule has 0 saturated heterocycles. The lowest BCUT2D eigenvalue weighted by atomic mass is 9.93. The van der Waals surface area contributed by atoms with Crippen molar-refractivity contribution in [2.75, 3.05) is 5.32 Å². The normalized spacial score (nSPS) is 18.8. The first-order valence-electron chi connectivity index (χ1n) is 11.0. The number of nitrogens with one attached hydrogen (secondary N) is 2. The van der Waals surface area contributed by atoms with E-state index in [-0.39, 0.29) is 12.1 Å².